The molecule has 0 bridgehead atoms. The van der Waals surface area contributed by atoms with Crippen molar-refractivity contribution in [3.63, 3.8) is 0 Å². The normalized spacial score (nSPS) is 19.3. The van der Waals surface area contributed by atoms with Crippen LogP contribution in [0.4, 0.5) is 5.82 Å². The third-order valence-electron chi connectivity index (χ3n) is 8.12. The first-order chi connectivity index (χ1) is 19.8. The van der Waals surface area contributed by atoms with Crippen LogP contribution in [0.2, 0.25) is 0 Å². The van der Waals surface area contributed by atoms with Crippen LogP contribution in [0, 0.1) is 16.7 Å². The molecule has 1 N–H and O–H groups in total. The maximum atomic E-state index is 12.8. The van der Waals surface area contributed by atoms with Gasteiger partial charge in [-0.2, -0.15) is 10.4 Å². The highest BCUT2D eigenvalue weighted by molar-refractivity contribution is 5.85. The molecule has 0 aliphatic carbocycles. The highest BCUT2D eigenvalue weighted by Crippen LogP contribution is 2.38. The van der Waals surface area contributed by atoms with Gasteiger partial charge in [-0.3, -0.25) is 9.69 Å². The Kier molecular flexibility index (Phi) is 8.76. The summed E-state index contributed by atoms with van der Waals surface area (Å²) in [4.78, 5) is 22.5. The quantitative estimate of drug-likeness (QED) is 0.391. The predicted octanol–water partition coefficient (Wildman–Crippen LogP) is 3.89. The zero-order valence-electron chi connectivity index (χ0n) is 24.6. The predicted molar refractivity (Wildman–Crippen MR) is 158 cm³/mol. The molecule has 0 saturated carbocycles. The van der Waals surface area contributed by atoms with E-state index in [1.807, 2.05) is 45.2 Å². The number of carbonyl (C=O) groups is 1. The summed E-state index contributed by atoms with van der Waals surface area (Å²) in [5.74, 6) is 1.50. The van der Waals surface area contributed by atoms with Crippen molar-refractivity contribution in [2.24, 2.45) is 5.41 Å². The fourth-order valence-corrected chi connectivity index (χ4v) is 6.22. The van der Waals surface area contributed by atoms with Gasteiger partial charge in [-0.05, 0) is 64.2 Å². The molecular formula is C31H41N7O3. The number of carbonyl (C=O) groups excluding carboxylic acids is 1. The molecule has 0 spiro atoms. The second-order valence-corrected chi connectivity index (χ2v) is 11.7. The minimum absolute atomic E-state index is 0.101. The standard InChI is InChI=1S/C31H41N7O3/c1-5-40-26-14-27(30-25(16-32)18-35-38(30)20-26)24-6-7-28(34-17-24)37-11-8-31(9-12-37,15-29(39)41-22(2)3)21-36-13-10-33-23(4)19-36/h6-7,14,17-18,20,22-23,33H,5,8-13,15,19,21H2,1-4H3/t23-/m0/s1. The zero-order chi connectivity index (χ0) is 29.0. The molecule has 5 rings (SSSR count). The van der Waals surface area contributed by atoms with Crippen LogP contribution in [0.5, 0.6) is 5.75 Å². The van der Waals surface area contributed by atoms with Crippen LogP contribution >= 0.6 is 0 Å². The van der Waals surface area contributed by atoms with Crippen molar-refractivity contribution in [2.45, 2.75) is 59.1 Å². The smallest absolute Gasteiger partial charge is 0.306 e. The van der Waals surface area contributed by atoms with Gasteiger partial charge < -0.3 is 19.7 Å². The minimum atomic E-state index is -0.111. The Balaban J connectivity index is 1.33. The van der Waals surface area contributed by atoms with Crippen LogP contribution in [0.25, 0.3) is 16.6 Å². The number of piperidine rings is 1. The van der Waals surface area contributed by atoms with Gasteiger partial charge in [0.15, 0.2) is 0 Å². The van der Waals surface area contributed by atoms with E-state index >= 15 is 0 Å². The molecule has 0 amide bonds. The summed E-state index contributed by atoms with van der Waals surface area (Å²) in [5.41, 5.74) is 2.89. The third kappa shape index (κ3) is 6.63. The van der Waals surface area contributed by atoms with Crippen molar-refractivity contribution in [1.82, 2.24) is 24.8 Å². The highest BCUT2D eigenvalue weighted by Gasteiger charge is 2.39. The lowest BCUT2D eigenvalue weighted by molar-refractivity contribution is -0.151. The number of esters is 1. The Morgan fingerprint density at radius 3 is 2.71 bits per heavy atom. The number of hydrogen-bond acceptors (Lipinski definition) is 9. The summed E-state index contributed by atoms with van der Waals surface area (Å²) in [6.07, 6.45) is 7.38. The number of rotatable bonds is 9. The van der Waals surface area contributed by atoms with Crippen LogP contribution in [-0.4, -0.2) is 83.5 Å². The molecule has 10 heteroatoms. The van der Waals surface area contributed by atoms with Crippen LogP contribution in [0.1, 0.15) is 52.5 Å². The van der Waals surface area contributed by atoms with E-state index in [1.54, 1.807) is 16.9 Å². The van der Waals surface area contributed by atoms with E-state index in [4.69, 9.17) is 14.5 Å². The monoisotopic (exact) mass is 559 g/mol. The largest absolute Gasteiger partial charge is 0.492 e. The number of aromatic nitrogens is 3. The van der Waals surface area contributed by atoms with Crippen molar-refractivity contribution < 1.29 is 14.3 Å². The molecule has 2 saturated heterocycles. The van der Waals surface area contributed by atoms with Crippen molar-refractivity contribution >= 4 is 17.3 Å². The second kappa shape index (κ2) is 12.5. The molecule has 0 radical (unpaired) electrons. The van der Waals surface area contributed by atoms with Crippen molar-refractivity contribution in [1.29, 1.82) is 5.26 Å². The van der Waals surface area contributed by atoms with Gasteiger partial charge in [0, 0.05) is 62.6 Å². The van der Waals surface area contributed by atoms with E-state index in [0.717, 1.165) is 74.6 Å². The SMILES string of the molecule is CCOc1cc(-c2ccc(N3CCC(CC(=O)OC(C)C)(CN4CCN[C@@H](C)C4)CC3)nc2)c2c(C#N)cnn2c1. The third-order valence-corrected chi connectivity index (χ3v) is 8.12. The number of piperazine rings is 1. The van der Waals surface area contributed by atoms with E-state index in [2.05, 4.69) is 33.2 Å². The number of anilines is 1. The average Bonchev–Trinajstić information content (AvgIpc) is 3.36. The van der Waals surface area contributed by atoms with E-state index in [-0.39, 0.29) is 17.5 Å². The van der Waals surface area contributed by atoms with Gasteiger partial charge in [0.1, 0.15) is 17.6 Å². The van der Waals surface area contributed by atoms with E-state index in [1.165, 1.54) is 0 Å². The summed E-state index contributed by atoms with van der Waals surface area (Å²) >= 11 is 0. The lowest BCUT2D eigenvalue weighted by Crippen LogP contribution is -2.54. The highest BCUT2D eigenvalue weighted by atomic mass is 16.5. The molecule has 10 nitrogen and oxygen atoms in total. The van der Waals surface area contributed by atoms with Crippen molar-refractivity contribution in [3.8, 4) is 22.9 Å². The Bertz CT molecular complexity index is 1390. The molecule has 3 aromatic heterocycles. The summed E-state index contributed by atoms with van der Waals surface area (Å²) in [6.45, 7) is 14.0. The lowest BCUT2D eigenvalue weighted by atomic mass is 9.75. The summed E-state index contributed by atoms with van der Waals surface area (Å²) in [7, 11) is 0. The fourth-order valence-electron chi connectivity index (χ4n) is 6.22. The molecule has 2 aliphatic heterocycles. The topological polar surface area (TPSA) is 108 Å². The number of nitrogens with zero attached hydrogens (tertiary/aromatic N) is 6. The zero-order valence-corrected chi connectivity index (χ0v) is 24.6. The molecule has 2 aliphatic rings. The summed E-state index contributed by atoms with van der Waals surface area (Å²) in [5, 5.41) is 17.5. The number of ether oxygens (including phenoxy) is 2. The molecule has 0 aromatic carbocycles. The van der Waals surface area contributed by atoms with Crippen LogP contribution < -0.4 is 15.0 Å². The molecule has 5 heterocycles. The van der Waals surface area contributed by atoms with Gasteiger partial charge in [-0.25, -0.2) is 9.50 Å². The van der Waals surface area contributed by atoms with E-state index in [9.17, 15) is 10.1 Å². The van der Waals surface area contributed by atoms with E-state index < -0.39 is 0 Å². The number of hydrogen-bond donors (Lipinski definition) is 1. The number of pyridine rings is 2. The molecular weight excluding hydrogens is 518 g/mol. The van der Waals surface area contributed by atoms with Crippen LogP contribution in [0.3, 0.4) is 0 Å². The van der Waals surface area contributed by atoms with Gasteiger partial charge >= 0.3 is 5.97 Å². The number of nitriles is 1. The molecule has 2 fully saturated rings. The average molecular weight is 560 g/mol. The molecule has 0 unspecified atom stereocenters. The fraction of sp³-hybridized carbons (Fsp3) is 0.548. The maximum Gasteiger partial charge on any atom is 0.306 e. The molecule has 41 heavy (non-hydrogen) atoms. The Morgan fingerprint density at radius 2 is 2.05 bits per heavy atom. The number of nitrogens with one attached hydrogen (secondary N) is 1. The lowest BCUT2D eigenvalue weighted by Gasteiger charge is -2.46. The van der Waals surface area contributed by atoms with Crippen LogP contribution in [0.15, 0.2) is 36.8 Å². The van der Waals surface area contributed by atoms with E-state index in [0.29, 0.717) is 30.4 Å². The summed E-state index contributed by atoms with van der Waals surface area (Å²) in [6, 6.07) is 8.73. The first-order valence-corrected chi connectivity index (χ1v) is 14.7. The molecule has 3 aromatic rings. The van der Waals surface area contributed by atoms with Gasteiger partial charge in [0.2, 0.25) is 0 Å². The van der Waals surface area contributed by atoms with Crippen molar-refractivity contribution in [3.05, 3.63) is 42.4 Å². The maximum absolute atomic E-state index is 12.8. The Hall–Kier alpha value is -3.68. The Morgan fingerprint density at radius 1 is 1.24 bits per heavy atom. The van der Waals surface area contributed by atoms with Gasteiger partial charge in [0.05, 0.1) is 42.6 Å². The van der Waals surface area contributed by atoms with Gasteiger partial charge in [-0.15, -0.1) is 0 Å². The second-order valence-electron chi connectivity index (χ2n) is 11.7. The first kappa shape index (κ1) is 28.8. The molecule has 1 atom stereocenters. The van der Waals surface area contributed by atoms with Crippen LogP contribution in [-0.2, 0) is 9.53 Å². The summed E-state index contributed by atoms with van der Waals surface area (Å²) < 4.78 is 13.0. The molecule has 218 valence electrons. The minimum Gasteiger partial charge on any atom is -0.492 e. The number of fused-ring (bicyclic) bond motifs is 1. The van der Waals surface area contributed by atoms with Gasteiger partial charge in [0.25, 0.3) is 0 Å². The van der Waals surface area contributed by atoms with Gasteiger partial charge in [-0.1, -0.05) is 0 Å². The first-order valence-electron chi connectivity index (χ1n) is 14.7. The van der Waals surface area contributed by atoms with Crippen molar-refractivity contribution in [2.75, 3.05) is 50.8 Å². The Labute approximate surface area is 242 Å².